The fraction of sp³-hybridized carbons (Fsp3) is 0.333. The third kappa shape index (κ3) is 2.71. The number of rotatable bonds is 5. The van der Waals surface area contributed by atoms with Crippen LogP contribution in [-0.2, 0) is 13.0 Å². The molecule has 0 saturated heterocycles. The average molecular weight is 247 g/mol. The zero-order chi connectivity index (χ0) is 13.0. The van der Waals surface area contributed by atoms with Crippen molar-refractivity contribution in [3.63, 3.8) is 0 Å². The lowest BCUT2D eigenvalue weighted by Crippen LogP contribution is -2.01. The van der Waals surface area contributed by atoms with Crippen LogP contribution in [0.5, 0.6) is 5.75 Å². The normalized spacial score (nSPS) is 10.3. The van der Waals surface area contributed by atoms with Gasteiger partial charge in [-0.3, -0.25) is 4.79 Å². The second-order valence-corrected chi connectivity index (χ2v) is 3.70. The van der Waals surface area contributed by atoms with E-state index in [9.17, 15) is 4.79 Å². The van der Waals surface area contributed by atoms with Gasteiger partial charge in [0.25, 0.3) is 5.89 Å². The van der Waals surface area contributed by atoms with Gasteiger partial charge in [0, 0.05) is 12.1 Å². The highest BCUT2D eigenvalue weighted by Gasteiger charge is 2.09. The molecular formula is C12H13N3O3. The molecule has 0 aliphatic rings. The third-order valence-corrected chi connectivity index (χ3v) is 2.31. The average Bonchev–Trinajstić information content (AvgIpc) is 2.85. The van der Waals surface area contributed by atoms with Crippen molar-refractivity contribution in [1.82, 2.24) is 15.1 Å². The summed E-state index contributed by atoms with van der Waals surface area (Å²) < 4.78 is 10.4. The van der Waals surface area contributed by atoms with Crippen LogP contribution in [0.15, 0.2) is 16.7 Å². The predicted molar refractivity (Wildman–Crippen MR) is 62.4 cm³/mol. The first-order valence-electron chi connectivity index (χ1n) is 5.60. The maximum atomic E-state index is 10.8. The molecule has 6 heteroatoms. The van der Waals surface area contributed by atoms with Gasteiger partial charge >= 0.3 is 0 Å². The summed E-state index contributed by atoms with van der Waals surface area (Å²) in [6, 6.07) is 3.47. The summed E-state index contributed by atoms with van der Waals surface area (Å²) >= 11 is 0. The van der Waals surface area contributed by atoms with Crippen molar-refractivity contribution in [2.75, 3.05) is 0 Å². The first kappa shape index (κ1) is 12.2. The minimum Gasteiger partial charge on any atom is -0.481 e. The summed E-state index contributed by atoms with van der Waals surface area (Å²) in [7, 11) is 0. The molecule has 0 fully saturated rings. The first-order chi connectivity index (χ1) is 8.72. The van der Waals surface area contributed by atoms with Crippen molar-refractivity contribution in [2.24, 2.45) is 0 Å². The molecule has 0 unspecified atom stereocenters. The Hall–Kier alpha value is -2.24. The Labute approximate surface area is 104 Å². The van der Waals surface area contributed by atoms with Crippen LogP contribution in [0.2, 0.25) is 0 Å². The summed E-state index contributed by atoms with van der Waals surface area (Å²) in [5, 5.41) is 3.75. The van der Waals surface area contributed by atoms with Crippen molar-refractivity contribution in [2.45, 2.75) is 26.9 Å². The smallest absolute Gasteiger partial charge is 0.264 e. The Morgan fingerprint density at radius 1 is 1.39 bits per heavy atom. The number of hydrogen-bond donors (Lipinski definition) is 0. The Bertz CT molecular complexity index is 551. The molecule has 0 atom stereocenters. The predicted octanol–water partition coefficient (Wildman–Crippen LogP) is 1.73. The standard InChI is InChI=1S/C12H13N3O3/c1-3-11-14-12(18-15-11)7-17-10-5-4-8(2)13-9(10)6-16/h4-6H,3,7H2,1-2H3. The van der Waals surface area contributed by atoms with E-state index >= 15 is 0 Å². The van der Waals surface area contributed by atoms with Crippen LogP contribution < -0.4 is 4.74 Å². The van der Waals surface area contributed by atoms with E-state index in [1.807, 2.05) is 13.8 Å². The van der Waals surface area contributed by atoms with Crippen LogP contribution in [0.1, 0.15) is 34.8 Å². The molecule has 0 amide bonds. The summed E-state index contributed by atoms with van der Waals surface area (Å²) in [6.07, 6.45) is 1.36. The van der Waals surface area contributed by atoms with E-state index in [0.717, 1.165) is 5.69 Å². The number of pyridine rings is 1. The van der Waals surface area contributed by atoms with Crippen molar-refractivity contribution in [3.8, 4) is 5.75 Å². The highest BCUT2D eigenvalue weighted by molar-refractivity contribution is 5.76. The van der Waals surface area contributed by atoms with Gasteiger partial charge < -0.3 is 9.26 Å². The number of nitrogens with zero attached hydrogens (tertiary/aromatic N) is 3. The highest BCUT2D eigenvalue weighted by Crippen LogP contribution is 2.16. The van der Waals surface area contributed by atoms with E-state index in [-0.39, 0.29) is 12.3 Å². The Kier molecular flexibility index (Phi) is 3.66. The molecular weight excluding hydrogens is 234 g/mol. The summed E-state index contributed by atoms with van der Waals surface area (Å²) in [6.45, 7) is 3.87. The van der Waals surface area contributed by atoms with Crippen molar-refractivity contribution < 1.29 is 14.1 Å². The van der Waals surface area contributed by atoms with E-state index in [4.69, 9.17) is 9.26 Å². The highest BCUT2D eigenvalue weighted by atomic mass is 16.5. The molecule has 2 aromatic heterocycles. The Balaban J connectivity index is 2.07. The molecule has 6 nitrogen and oxygen atoms in total. The van der Waals surface area contributed by atoms with E-state index < -0.39 is 0 Å². The molecule has 0 aliphatic heterocycles. The Morgan fingerprint density at radius 2 is 2.22 bits per heavy atom. The topological polar surface area (TPSA) is 78.1 Å². The minimum atomic E-state index is 0.124. The Morgan fingerprint density at radius 3 is 2.89 bits per heavy atom. The second-order valence-electron chi connectivity index (χ2n) is 3.70. The van der Waals surface area contributed by atoms with Crippen LogP contribution in [0, 0.1) is 6.92 Å². The van der Waals surface area contributed by atoms with E-state index in [1.54, 1.807) is 12.1 Å². The van der Waals surface area contributed by atoms with Gasteiger partial charge in [0.1, 0.15) is 11.4 Å². The van der Waals surface area contributed by atoms with Gasteiger partial charge in [-0.05, 0) is 19.1 Å². The molecule has 0 spiro atoms. The fourth-order valence-corrected chi connectivity index (χ4v) is 1.40. The number of aldehydes is 1. The zero-order valence-corrected chi connectivity index (χ0v) is 10.2. The lowest BCUT2D eigenvalue weighted by atomic mass is 10.3. The monoisotopic (exact) mass is 247 g/mol. The van der Waals surface area contributed by atoms with Crippen LogP contribution in [-0.4, -0.2) is 21.4 Å². The maximum absolute atomic E-state index is 10.8. The number of hydrogen-bond acceptors (Lipinski definition) is 6. The van der Waals surface area contributed by atoms with Crippen molar-refractivity contribution in [3.05, 3.63) is 35.2 Å². The molecule has 0 aliphatic carbocycles. The summed E-state index contributed by atoms with van der Waals surface area (Å²) in [5.74, 6) is 1.42. The maximum Gasteiger partial charge on any atom is 0.264 e. The number of aromatic nitrogens is 3. The van der Waals surface area contributed by atoms with Crippen LogP contribution in [0.3, 0.4) is 0 Å². The minimum absolute atomic E-state index is 0.124. The molecule has 0 saturated carbocycles. The van der Waals surface area contributed by atoms with Gasteiger partial charge in [0.05, 0.1) is 0 Å². The largest absolute Gasteiger partial charge is 0.481 e. The molecule has 94 valence electrons. The quantitative estimate of drug-likeness (QED) is 0.749. The van der Waals surface area contributed by atoms with Gasteiger partial charge in [-0.15, -0.1) is 0 Å². The number of carbonyl (C=O) groups is 1. The molecule has 2 rings (SSSR count). The third-order valence-electron chi connectivity index (χ3n) is 2.31. The molecule has 18 heavy (non-hydrogen) atoms. The van der Waals surface area contributed by atoms with E-state index in [0.29, 0.717) is 30.2 Å². The molecule has 2 heterocycles. The lowest BCUT2D eigenvalue weighted by Gasteiger charge is -2.05. The second kappa shape index (κ2) is 5.39. The fourth-order valence-electron chi connectivity index (χ4n) is 1.40. The van der Waals surface area contributed by atoms with Gasteiger partial charge in [0.2, 0.25) is 0 Å². The first-order valence-corrected chi connectivity index (χ1v) is 5.60. The molecule has 0 bridgehead atoms. The SMILES string of the molecule is CCc1noc(COc2ccc(C)nc2C=O)n1. The van der Waals surface area contributed by atoms with Crippen LogP contribution in [0.4, 0.5) is 0 Å². The molecule has 0 radical (unpaired) electrons. The molecule has 2 aromatic rings. The van der Waals surface area contributed by atoms with Crippen LogP contribution in [0.25, 0.3) is 0 Å². The van der Waals surface area contributed by atoms with Gasteiger partial charge in [0.15, 0.2) is 18.7 Å². The van der Waals surface area contributed by atoms with Crippen molar-refractivity contribution in [1.29, 1.82) is 0 Å². The zero-order valence-electron chi connectivity index (χ0n) is 10.2. The van der Waals surface area contributed by atoms with Crippen molar-refractivity contribution >= 4 is 6.29 Å². The van der Waals surface area contributed by atoms with E-state index in [2.05, 4.69) is 15.1 Å². The van der Waals surface area contributed by atoms with Gasteiger partial charge in [-0.2, -0.15) is 4.98 Å². The number of aryl methyl sites for hydroxylation is 2. The van der Waals surface area contributed by atoms with Gasteiger partial charge in [-0.1, -0.05) is 12.1 Å². The van der Waals surface area contributed by atoms with Gasteiger partial charge in [-0.25, -0.2) is 4.98 Å². The summed E-state index contributed by atoms with van der Waals surface area (Å²) in [5.41, 5.74) is 1.03. The summed E-state index contributed by atoms with van der Waals surface area (Å²) in [4.78, 5) is 19.0. The lowest BCUT2D eigenvalue weighted by molar-refractivity contribution is 0.111. The number of ether oxygens (including phenoxy) is 1. The molecule has 0 aromatic carbocycles. The number of carbonyl (C=O) groups excluding carboxylic acids is 1. The molecule has 0 N–H and O–H groups in total. The van der Waals surface area contributed by atoms with Crippen LogP contribution >= 0.6 is 0 Å². The van der Waals surface area contributed by atoms with E-state index in [1.165, 1.54) is 0 Å².